The van der Waals surface area contributed by atoms with Crippen LogP contribution in [0.1, 0.15) is 6.92 Å². The number of hydrogen-bond acceptors (Lipinski definition) is 4. The van der Waals surface area contributed by atoms with Crippen LogP contribution in [0.3, 0.4) is 0 Å². The molecule has 4 nitrogen and oxygen atoms in total. The molecule has 1 aromatic rings. The minimum absolute atomic E-state index is 0.378. The summed E-state index contributed by atoms with van der Waals surface area (Å²) in [7, 11) is 5.74. The minimum atomic E-state index is 0.378. The number of methoxy groups -OCH3 is 1. The van der Waals surface area contributed by atoms with Crippen LogP contribution in [0.4, 0.5) is 11.4 Å². The molecule has 0 saturated carbocycles. The van der Waals surface area contributed by atoms with Gasteiger partial charge in [-0.05, 0) is 33.2 Å². The van der Waals surface area contributed by atoms with E-state index in [1.54, 1.807) is 7.11 Å². The van der Waals surface area contributed by atoms with Gasteiger partial charge in [0.25, 0.3) is 0 Å². The quantitative estimate of drug-likeness (QED) is 0.745. The number of nitrogens with two attached hydrogens (primary N) is 1. The molecule has 1 unspecified atom stereocenters. The van der Waals surface area contributed by atoms with E-state index < -0.39 is 0 Å². The van der Waals surface area contributed by atoms with E-state index in [0.717, 1.165) is 12.2 Å². The molecule has 4 heteroatoms. The molecule has 0 aliphatic carbocycles. The summed E-state index contributed by atoms with van der Waals surface area (Å²) >= 11 is 0. The Morgan fingerprint density at radius 3 is 2.69 bits per heavy atom. The lowest BCUT2D eigenvalue weighted by molar-refractivity contribution is 0.392. The highest BCUT2D eigenvalue weighted by molar-refractivity contribution is 5.61. The number of hydrogen-bond donors (Lipinski definition) is 2. The van der Waals surface area contributed by atoms with Crippen molar-refractivity contribution in [2.45, 2.75) is 13.0 Å². The SMILES string of the molecule is COc1cc(NC(C)CN(C)C)ccc1N. The second kappa shape index (κ2) is 5.61. The van der Waals surface area contributed by atoms with Crippen LogP contribution in [0.15, 0.2) is 18.2 Å². The Morgan fingerprint density at radius 2 is 2.12 bits per heavy atom. The van der Waals surface area contributed by atoms with Gasteiger partial charge >= 0.3 is 0 Å². The lowest BCUT2D eigenvalue weighted by Gasteiger charge is -2.20. The highest BCUT2D eigenvalue weighted by Gasteiger charge is 2.05. The third-order valence-electron chi connectivity index (χ3n) is 2.29. The van der Waals surface area contributed by atoms with E-state index in [4.69, 9.17) is 10.5 Å². The van der Waals surface area contributed by atoms with E-state index in [9.17, 15) is 0 Å². The second-order valence-corrected chi connectivity index (χ2v) is 4.26. The summed E-state index contributed by atoms with van der Waals surface area (Å²) in [5.41, 5.74) is 7.44. The Labute approximate surface area is 97.4 Å². The number of nitrogen functional groups attached to an aromatic ring is 1. The van der Waals surface area contributed by atoms with Gasteiger partial charge in [-0.3, -0.25) is 0 Å². The molecule has 0 aromatic heterocycles. The van der Waals surface area contributed by atoms with Gasteiger partial charge in [-0.2, -0.15) is 0 Å². The van der Waals surface area contributed by atoms with Gasteiger partial charge in [0.05, 0.1) is 12.8 Å². The molecule has 0 fully saturated rings. The lowest BCUT2D eigenvalue weighted by Crippen LogP contribution is -2.29. The predicted octanol–water partition coefficient (Wildman–Crippen LogP) is 1.64. The van der Waals surface area contributed by atoms with Gasteiger partial charge in [-0.1, -0.05) is 0 Å². The molecule has 0 spiro atoms. The summed E-state index contributed by atoms with van der Waals surface area (Å²) in [4.78, 5) is 2.15. The summed E-state index contributed by atoms with van der Waals surface area (Å²) in [5, 5.41) is 3.40. The van der Waals surface area contributed by atoms with Crippen molar-refractivity contribution in [1.29, 1.82) is 0 Å². The van der Waals surface area contributed by atoms with Crippen LogP contribution in [0, 0.1) is 0 Å². The average Bonchev–Trinajstić information content (AvgIpc) is 2.19. The van der Waals surface area contributed by atoms with E-state index in [1.807, 2.05) is 18.2 Å². The molecular weight excluding hydrogens is 202 g/mol. The zero-order valence-electron chi connectivity index (χ0n) is 10.4. The summed E-state index contributed by atoms with van der Waals surface area (Å²) in [6.45, 7) is 3.12. The molecule has 0 aliphatic rings. The van der Waals surface area contributed by atoms with Gasteiger partial charge < -0.3 is 20.7 Å². The van der Waals surface area contributed by atoms with Crippen LogP contribution in [0.2, 0.25) is 0 Å². The maximum Gasteiger partial charge on any atom is 0.143 e. The van der Waals surface area contributed by atoms with Crippen LogP contribution in [-0.4, -0.2) is 38.7 Å². The predicted molar refractivity (Wildman–Crippen MR) is 69.0 cm³/mol. The Hall–Kier alpha value is -1.42. The second-order valence-electron chi connectivity index (χ2n) is 4.26. The highest BCUT2D eigenvalue weighted by atomic mass is 16.5. The van der Waals surface area contributed by atoms with E-state index in [0.29, 0.717) is 17.5 Å². The fourth-order valence-electron chi connectivity index (χ4n) is 1.68. The number of ether oxygens (including phenoxy) is 1. The van der Waals surface area contributed by atoms with Crippen LogP contribution in [0.5, 0.6) is 5.75 Å². The molecular formula is C12H21N3O. The van der Waals surface area contributed by atoms with Crippen LogP contribution < -0.4 is 15.8 Å². The van der Waals surface area contributed by atoms with E-state index >= 15 is 0 Å². The third kappa shape index (κ3) is 3.62. The van der Waals surface area contributed by atoms with Crippen molar-refractivity contribution in [3.05, 3.63) is 18.2 Å². The summed E-state index contributed by atoms with van der Waals surface area (Å²) in [6, 6.07) is 6.11. The summed E-state index contributed by atoms with van der Waals surface area (Å²) < 4.78 is 5.17. The van der Waals surface area contributed by atoms with Gasteiger partial charge in [0.2, 0.25) is 0 Å². The molecule has 1 aromatic carbocycles. The number of benzene rings is 1. The van der Waals surface area contributed by atoms with Crippen LogP contribution >= 0.6 is 0 Å². The lowest BCUT2D eigenvalue weighted by atomic mass is 10.2. The first kappa shape index (κ1) is 12.6. The van der Waals surface area contributed by atoms with Gasteiger partial charge in [0.1, 0.15) is 5.75 Å². The van der Waals surface area contributed by atoms with Crippen LogP contribution in [-0.2, 0) is 0 Å². The topological polar surface area (TPSA) is 50.5 Å². The average molecular weight is 223 g/mol. The molecule has 3 N–H and O–H groups in total. The van der Waals surface area contributed by atoms with E-state index in [-0.39, 0.29) is 0 Å². The monoisotopic (exact) mass is 223 g/mol. The van der Waals surface area contributed by atoms with Crippen LogP contribution in [0.25, 0.3) is 0 Å². The van der Waals surface area contributed by atoms with E-state index in [1.165, 1.54) is 0 Å². The van der Waals surface area contributed by atoms with Crippen molar-refractivity contribution in [1.82, 2.24) is 4.90 Å². The molecule has 0 bridgehead atoms. The number of nitrogens with zero attached hydrogens (tertiary/aromatic N) is 1. The highest BCUT2D eigenvalue weighted by Crippen LogP contribution is 2.25. The summed E-state index contributed by atoms with van der Waals surface area (Å²) in [6.07, 6.45) is 0. The van der Waals surface area contributed by atoms with E-state index in [2.05, 4.69) is 31.2 Å². The number of nitrogens with one attached hydrogen (secondary N) is 1. The Morgan fingerprint density at radius 1 is 1.44 bits per heavy atom. The van der Waals surface area contributed by atoms with Crippen molar-refractivity contribution in [2.75, 3.05) is 38.8 Å². The first-order chi connectivity index (χ1) is 7.52. The Balaban J connectivity index is 2.67. The minimum Gasteiger partial charge on any atom is -0.495 e. The molecule has 0 saturated heterocycles. The van der Waals surface area contributed by atoms with Crippen molar-refractivity contribution in [3.8, 4) is 5.75 Å². The van der Waals surface area contributed by atoms with Crippen molar-refractivity contribution in [3.63, 3.8) is 0 Å². The molecule has 0 radical (unpaired) electrons. The zero-order valence-corrected chi connectivity index (χ0v) is 10.4. The maximum atomic E-state index is 5.75. The summed E-state index contributed by atoms with van der Waals surface area (Å²) in [5.74, 6) is 0.710. The molecule has 1 rings (SSSR count). The maximum absolute atomic E-state index is 5.75. The zero-order chi connectivity index (χ0) is 12.1. The Kier molecular flexibility index (Phi) is 4.43. The molecule has 0 aliphatic heterocycles. The normalized spacial score (nSPS) is 12.6. The first-order valence-electron chi connectivity index (χ1n) is 5.37. The van der Waals surface area contributed by atoms with Gasteiger partial charge in [0, 0.05) is 24.3 Å². The Bertz CT molecular complexity index is 339. The fourth-order valence-corrected chi connectivity index (χ4v) is 1.68. The van der Waals surface area contributed by atoms with Gasteiger partial charge in [0.15, 0.2) is 0 Å². The smallest absolute Gasteiger partial charge is 0.143 e. The fraction of sp³-hybridized carbons (Fsp3) is 0.500. The first-order valence-corrected chi connectivity index (χ1v) is 5.37. The molecule has 0 amide bonds. The standard InChI is InChI=1S/C12H21N3O/c1-9(8-15(2)3)14-10-5-6-11(13)12(7-10)16-4/h5-7,9,14H,8,13H2,1-4H3. The number of rotatable bonds is 5. The molecule has 16 heavy (non-hydrogen) atoms. The van der Waals surface area contributed by atoms with Crippen molar-refractivity contribution >= 4 is 11.4 Å². The number of likely N-dealkylation sites (N-methyl/N-ethyl adjacent to an activating group) is 1. The largest absolute Gasteiger partial charge is 0.495 e. The molecule has 0 heterocycles. The molecule has 90 valence electrons. The van der Waals surface area contributed by atoms with Crippen molar-refractivity contribution < 1.29 is 4.74 Å². The van der Waals surface area contributed by atoms with Crippen molar-refractivity contribution in [2.24, 2.45) is 0 Å². The van der Waals surface area contributed by atoms with Gasteiger partial charge in [-0.15, -0.1) is 0 Å². The third-order valence-corrected chi connectivity index (χ3v) is 2.29. The number of anilines is 2. The molecule has 1 atom stereocenters. The van der Waals surface area contributed by atoms with Gasteiger partial charge in [-0.25, -0.2) is 0 Å².